The quantitative estimate of drug-likeness (QED) is 0.659. The average molecular weight is 298 g/mol. The summed E-state index contributed by atoms with van der Waals surface area (Å²) in [4.78, 5) is 0. The molecular weight excluding hydrogens is 282 g/mol. The van der Waals surface area contributed by atoms with E-state index in [1.165, 1.54) is 16.5 Å². The van der Waals surface area contributed by atoms with Gasteiger partial charge < -0.3 is 9.30 Å². The Morgan fingerprint density at radius 1 is 1.14 bits per heavy atom. The van der Waals surface area contributed by atoms with Gasteiger partial charge in [-0.2, -0.15) is 0 Å². The molecule has 0 radical (unpaired) electrons. The summed E-state index contributed by atoms with van der Waals surface area (Å²) in [6, 6.07) is 16.6. The smallest absolute Gasteiger partial charge is 0.122 e. The van der Waals surface area contributed by atoms with Crippen LogP contribution in [0.1, 0.15) is 17.9 Å². The summed E-state index contributed by atoms with van der Waals surface area (Å²) in [6.45, 7) is 1.76. The number of hydrogen-bond acceptors (Lipinski definition) is 1. The van der Waals surface area contributed by atoms with E-state index in [1.54, 1.807) is 0 Å². The number of fused-ring (bicyclic) bond motifs is 2. The first kappa shape index (κ1) is 12.8. The van der Waals surface area contributed by atoms with Crippen molar-refractivity contribution in [3.05, 3.63) is 65.3 Å². The molecular formula is C18H16ClNO. The summed E-state index contributed by atoms with van der Waals surface area (Å²) in [5, 5.41) is 2.02. The maximum Gasteiger partial charge on any atom is 0.122 e. The summed E-state index contributed by atoms with van der Waals surface area (Å²) in [5.74, 6) is 1.52. The van der Waals surface area contributed by atoms with Gasteiger partial charge in [-0.1, -0.05) is 35.9 Å². The van der Waals surface area contributed by atoms with Crippen molar-refractivity contribution in [2.45, 2.75) is 18.9 Å². The minimum Gasteiger partial charge on any atom is -0.493 e. The molecule has 3 heteroatoms. The predicted octanol–water partition coefficient (Wildman–Crippen LogP) is 4.86. The SMILES string of the molecule is Clc1ccc2ccn(CC3CCOc4ccccc43)c2c1. The van der Waals surface area contributed by atoms with Crippen molar-refractivity contribution in [3.8, 4) is 5.75 Å². The Morgan fingerprint density at radius 3 is 3.00 bits per heavy atom. The molecule has 0 amide bonds. The molecule has 1 atom stereocenters. The van der Waals surface area contributed by atoms with E-state index in [4.69, 9.17) is 16.3 Å². The number of aromatic nitrogens is 1. The van der Waals surface area contributed by atoms with Crippen LogP contribution in [0.5, 0.6) is 5.75 Å². The second kappa shape index (κ2) is 5.12. The Labute approximate surface area is 128 Å². The molecule has 0 saturated heterocycles. The Kier molecular flexibility index (Phi) is 3.12. The zero-order chi connectivity index (χ0) is 14.2. The van der Waals surface area contributed by atoms with Gasteiger partial charge in [0.25, 0.3) is 0 Å². The maximum absolute atomic E-state index is 6.14. The molecule has 0 N–H and O–H groups in total. The Bertz CT molecular complexity index is 793. The molecule has 21 heavy (non-hydrogen) atoms. The average Bonchev–Trinajstić information content (AvgIpc) is 2.90. The van der Waals surface area contributed by atoms with Crippen molar-refractivity contribution < 1.29 is 4.74 Å². The minimum absolute atomic E-state index is 0.490. The standard InChI is InChI=1S/C18H16ClNO/c19-15-6-5-13-7-9-20(17(13)11-15)12-14-8-10-21-18-4-2-1-3-16(14)18/h1-7,9,11,14H,8,10,12H2. The Morgan fingerprint density at radius 2 is 2.05 bits per heavy atom. The van der Waals surface area contributed by atoms with E-state index in [2.05, 4.69) is 41.1 Å². The largest absolute Gasteiger partial charge is 0.493 e. The number of nitrogens with zero attached hydrogens (tertiary/aromatic N) is 1. The fourth-order valence-corrected chi connectivity index (χ4v) is 3.33. The van der Waals surface area contributed by atoms with Crippen LogP contribution in [0.2, 0.25) is 5.02 Å². The van der Waals surface area contributed by atoms with Crippen molar-refractivity contribution in [1.82, 2.24) is 4.57 Å². The Balaban J connectivity index is 1.71. The number of ether oxygens (including phenoxy) is 1. The van der Waals surface area contributed by atoms with E-state index in [0.717, 1.165) is 30.3 Å². The second-order valence-electron chi connectivity index (χ2n) is 5.54. The monoisotopic (exact) mass is 297 g/mol. The molecule has 106 valence electrons. The van der Waals surface area contributed by atoms with E-state index in [1.807, 2.05) is 18.2 Å². The normalized spacial score (nSPS) is 17.5. The highest BCUT2D eigenvalue weighted by Gasteiger charge is 2.21. The van der Waals surface area contributed by atoms with Gasteiger partial charge in [0, 0.05) is 29.2 Å². The molecule has 0 bridgehead atoms. The second-order valence-corrected chi connectivity index (χ2v) is 5.98. The third kappa shape index (κ3) is 2.30. The lowest BCUT2D eigenvalue weighted by Crippen LogP contribution is -2.18. The molecule has 0 spiro atoms. The van der Waals surface area contributed by atoms with Crippen LogP contribution in [0, 0.1) is 0 Å². The molecule has 2 aromatic carbocycles. The van der Waals surface area contributed by atoms with Crippen LogP contribution in [0.25, 0.3) is 10.9 Å². The predicted molar refractivity (Wildman–Crippen MR) is 86.2 cm³/mol. The lowest BCUT2D eigenvalue weighted by Gasteiger charge is -2.26. The number of hydrogen-bond donors (Lipinski definition) is 0. The number of rotatable bonds is 2. The fourth-order valence-electron chi connectivity index (χ4n) is 3.16. The zero-order valence-corrected chi connectivity index (χ0v) is 12.4. The molecule has 1 aromatic heterocycles. The van der Waals surface area contributed by atoms with Gasteiger partial charge in [0.1, 0.15) is 5.75 Å². The van der Waals surface area contributed by atoms with Crippen molar-refractivity contribution in [1.29, 1.82) is 0 Å². The minimum atomic E-state index is 0.490. The summed E-state index contributed by atoms with van der Waals surface area (Å²) in [7, 11) is 0. The third-order valence-corrected chi connectivity index (χ3v) is 4.47. The van der Waals surface area contributed by atoms with E-state index >= 15 is 0 Å². The van der Waals surface area contributed by atoms with Crippen LogP contribution in [0.3, 0.4) is 0 Å². The van der Waals surface area contributed by atoms with E-state index < -0.39 is 0 Å². The maximum atomic E-state index is 6.14. The zero-order valence-electron chi connectivity index (χ0n) is 11.6. The number of para-hydroxylation sites is 1. The molecule has 0 fully saturated rings. The first-order valence-electron chi connectivity index (χ1n) is 7.27. The van der Waals surface area contributed by atoms with Crippen LogP contribution >= 0.6 is 11.6 Å². The highest BCUT2D eigenvalue weighted by atomic mass is 35.5. The summed E-state index contributed by atoms with van der Waals surface area (Å²) >= 11 is 6.14. The molecule has 1 aliphatic rings. The highest BCUT2D eigenvalue weighted by Crippen LogP contribution is 2.35. The molecule has 1 unspecified atom stereocenters. The molecule has 3 aromatic rings. The summed E-state index contributed by atoms with van der Waals surface area (Å²) in [5.41, 5.74) is 2.51. The van der Waals surface area contributed by atoms with E-state index in [9.17, 15) is 0 Å². The number of benzene rings is 2. The van der Waals surface area contributed by atoms with Gasteiger partial charge in [0.15, 0.2) is 0 Å². The van der Waals surface area contributed by atoms with Crippen molar-refractivity contribution in [2.75, 3.05) is 6.61 Å². The molecule has 4 rings (SSSR count). The Hall–Kier alpha value is -1.93. The molecule has 1 aliphatic heterocycles. The fraction of sp³-hybridized carbons (Fsp3) is 0.222. The van der Waals surface area contributed by atoms with Gasteiger partial charge in [0.05, 0.1) is 6.61 Å². The first-order chi connectivity index (χ1) is 10.3. The van der Waals surface area contributed by atoms with Crippen LogP contribution in [-0.4, -0.2) is 11.2 Å². The first-order valence-corrected chi connectivity index (χ1v) is 7.65. The molecule has 0 saturated carbocycles. The number of halogens is 1. The van der Waals surface area contributed by atoms with Crippen LogP contribution in [-0.2, 0) is 6.54 Å². The topological polar surface area (TPSA) is 14.2 Å². The van der Waals surface area contributed by atoms with Gasteiger partial charge in [-0.3, -0.25) is 0 Å². The van der Waals surface area contributed by atoms with Gasteiger partial charge in [0.2, 0.25) is 0 Å². The van der Waals surface area contributed by atoms with Crippen molar-refractivity contribution in [2.24, 2.45) is 0 Å². The van der Waals surface area contributed by atoms with Gasteiger partial charge in [-0.15, -0.1) is 0 Å². The highest BCUT2D eigenvalue weighted by molar-refractivity contribution is 6.31. The van der Waals surface area contributed by atoms with Crippen LogP contribution in [0.4, 0.5) is 0 Å². The van der Waals surface area contributed by atoms with E-state index in [0.29, 0.717) is 5.92 Å². The van der Waals surface area contributed by atoms with E-state index in [-0.39, 0.29) is 0 Å². The third-order valence-electron chi connectivity index (χ3n) is 4.24. The van der Waals surface area contributed by atoms with Crippen LogP contribution in [0.15, 0.2) is 54.7 Å². The lowest BCUT2D eigenvalue weighted by atomic mass is 9.93. The summed E-state index contributed by atoms with van der Waals surface area (Å²) < 4.78 is 8.05. The van der Waals surface area contributed by atoms with Gasteiger partial charge in [-0.05, 0) is 41.6 Å². The van der Waals surface area contributed by atoms with Gasteiger partial charge >= 0.3 is 0 Å². The van der Waals surface area contributed by atoms with Gasteiger partial charge in [-0.25, -0.2) is 0 Å². The van der Waals surface area contributed by atoms with Crippen molar-refractivity contribution in [3.63, 3.8) is 0 Å². The lowest BCUT2D eigenvalue weighted by molar-refractivity contribution is 0.259. The molecule has 2 heterocycles. The molecule has 0 aliphatic carbocycles. The molecule has 2 nitrogen and oxygen atoms in total. The van der Waals surface area contributed by atoms with Crippen molar-refractivity contribution >= 4 is 22.5 Å². The van der Waals surface area contributed by atoms with Crippen LogP contribution < -0.4 is 4.74 Å². The summed E-state index contributed by atoms with van der Waals surface area (Å²) in [6.07, 6.45) is 3.20.